The van der Waals surface area contributed by atoms with E-state index in [1.54, 1.807) is 30.4 Å². The second-order valence-electron chi connectivity index (χ2n) is 4.94. The molecule has 0 saturated heterocycles. The molecule has 1 aromatic carbocycles. The molecule has 0 aliphatic carbocycles. The highest BCUT2D eigenvalue weighted by molar-refractivity contribution is 8.00. The molecule has 0 unspecified atom stereocenters. The lowest BCUT2D eigenvalue weighted by atomic mass is 10.2. The molecule has 0 radical (unpaired) electrons. The van der Waals surface area contributed by atoms with Gasteiger partial charge in [0.25, 0.3) is 5.22 Å². The van der Waals surface area contributed by atoms with Crippen LogP contribution in [0, 0.1) is 0 Å². The molecule has 1 atom stereocenters. The summed E-state index contributed by atoms with van der Waals surface area (Å²) in [6.07, 6.45) is 0. The van der Waals surface area contributed by atoms with Gasteiger partial charge >= 0.3 is 0 Å². The van der Waals surface area contributed by atoms with E-state index in [4.69, 9.17) is 16.0 Å². The minimum atomic E-state index is -0.336. The number of amides is 1. The summed E-state index contributed by atoms with van der Waals surface area (Å²) in [7, 11) is 0. The highest BCUT2D eigenvalue weighted by atomic mass is 35.5. The van der Waals surface area contributed by atoms with Crippen LogP contribution in [0.15, 0.2) is 51.4 Å². The monoisotopic (exact) mass is 379 g/mol. The molecule has 3 rings (SSSR count). The Balaban J connectivity index is 1.58. The van der Waals surface area contributed by atoms with Crippen molar-refractivity contribution in [1.82, 2.24) is 15.5 Å². The molecule has 2 aromatic heterocycles. The Hall–Kier alpha value is -1.83. The van der Waals surface area contributed by atoms with E-state index in [0.29, 0.717) is 22.7 Å². The molecule has 0 aliphatic rings. The van der Waals surface area contributed by atoms with Crippen molar-refractivity contribution in [2.45, 2.75) is 23.9 Å². The van der Waals surface area contributed by atoms with E-state index in [0.717, 1.165) is 10.4 Å². The summed E-state index contributed by atoms with van der Waals surface area (Å²) >= 11 is 8.79. The fraction of sp³-hybridized carbons (Fsp3) is 0.188. The number of hydrogen-bond acceptors (Lipinski definition) is 6. The molecular weight excluding hydrogens is 366 g/mol. The van der Waals surface area contributed by atoms with Gasteiger partial charge in [-0.2, -0.15) is 0 Å². The Morgan fingerprint density at radius 2 is 2.25 bits per heavy atom. The maximum absolute atomic E-state index is 12.1. The average Bonchev–Trinajstić information content (AvgIpc) is 3.24. The summed E-state index contributed by atoms with van der Waals surface area (Å²) in [6, 6.07) is 11.1. The molecule has 1 N–H and O–H groups in total. The van der Waals surface area contributed by atoms with Gasteiger partial charge in [-0.1, -0.05) is 35.5 Å². The second-order valence-corrected chi connectivity index (χ2v) is 7.70. The van der Waals surface area contributed by atoms with Crippen molar-refractivity contribution in [2.24, 2.45) is 0 Å². The van der Waals surface area contributed by atoms with E-state index in [9.17, 15) is 4.79 Å². The molecule has 0 aliphatic heterocycles. The molecule has 0 fully saturated rings. The Bertz CT molecular complexity index is 820. The SMILES string of the molecule is C[C@H](Sc1nnc(-c2cccc(Cl)c2)o1)C(=O)NCc1cccs1. The van der Waals surface area contributed by atoms with Gasteiger partial charge in [-0.15, -0.1) is 21.5 Å². The first-order valence-electron chi connectivity index (χ1n) is 7.18. The number of benzene rings is 1. The summed E-state index contributed by atoms with van der Waals surface area (Å²) in [5, 5.41) is 13.5. The average molecular weight is 380 g/mol. The molecular formula is C16H14ClN3O2S2. The quantitative estimate of drug-likeness (QED) is 0.648. The normalized spacial score (nSPS) is 12.1. The van der Waals surface area contributed by atoms with Crippen molar-refractivity contribution in [3.8, 4) is 11.5 Å². The van der Waals surface area contributed by atoms with Crippen LogP contribution in [-0.4, -0.2) is 21.4 Å². The summed E-state index contributed by atoms with van der Waals surface area (Å²) in [5.74, 6) is 0.307. The number of nitrogens with one attached hydrogen (secondary N) is 1. The van der Waals surface area contributed by atoms with Gasteiger partial charge in [0.1, 0.15) is 0 Å². The lowest BCUT2D eigenvalue weighted by Gasteiger charge is -2.08. The maximum Gasteiger partial charge on any atom is 0.277 e. The highest BCUT2D eigenvalue weighted by Gasteiger charge is 2.18. The predicted molar refractivity (Wildman–Crippen MR) is 96.2 cm³/mol. The zero-order valence-electron chi connectivity index (χ0n) is 12.7. The molecule has 0 spiro atoms. The van der Waals surface area contributed by atoms with Gasteiger partial charge in [0.15, 0.2) is 0 Å². The fourth-order valence-electron chi connectivity index (χ4n) is 1.93. The zero-order chi connectivity index (χ0) is 16.9. The van der Waals surface area contributed by atoms with Crippen LogP contribution in [0.4, 0.5) is 0 Å². The van der Waals surface area contributed by atoms with Gasteiger partial charge in [-0.25, -0.2) is 0 Å². The summed E-state index contributed by atoms with van der Waals surface area (Å²) in [6.45, 7) is 2.33. The third-order valence-corrected chi connectivity index (χ3v) is 5.19. The minimum absolute atomic E-state index is 0.0732. The minimum Gasteiger partial charge on any atom is -0.411 e. The van der Waals surface area contributed by atoms with Crippen LogP contribution in [0.2, 0.25) is 5.02 Å². The van der Waals surface area contributed by atoms with Crippen LogP contribution in [-0.2, 0) is 11.3 Å². The molecule has 0 saturated carbocycles. The van der Waals surface area contributed by atoms with Crippen molar-refractivity contribution >= 4 is 40.6 Å². The topological polar surface area (TPSA) is 68.0 Å². The smallest absolute Gasteiger partial charge is 0.277 e. The number of thiophene rings is 1. The Morgan fingerprint density at radius 3 is 3.00 bits per heavy atom. The third-order valence-electron chi connectivity index (χ3n) is 3.14. The summed E-state index contributed by atoms with van der Waals surface area (Å²) in [5.41, 5.74) is 0.747. The van der Waals surface area contributed by atoms with E-state index < -0.39 is 0 Å². The van der Waals surface area contributed by atoms with E-state index >= 15 is 0 Å². The van der Waals surface area contributed by atoms with Crippen LogP contribution in [0.3, 0.4) is 0 Å². The van der Waals surface area contributed by atoms with E-state index in [1.807, 2.05) is 29.6 Å². The number of carbonyl (C=O) groups is 1. The number of carbonyl (C=O) groups excluding carboxylic acids is 1. The van der Waals surface area contributed by atoms with Crippen molar-refractivity contribution in [3.05, 3.63) is 51.7 Å². The number of thioether (sulfide) groups is 1. The number of nitrogens with zero attached hydrogens (tertiary/aromatic N) is 2. The second kappa shape index (κ2) is 7.83. The van der Waals surface area contributed by atoms with Gasteiger partial charge in [0.2, 0.25) is 11.8 Å². The molecule has 5 nitrogen and oxygen atoms in total. The number of halogens is 1. The Labute approximate surface area is 152 Å². The van der Waals surface area contributed by atoms with Crippen LogP contribution in [0.5, 0.6) is 0 Å². The summed E-state index contributed by atoms with van der Waals surface area (Å²) in [4.78, 5) is 13.2. The standard InChI is InChI=1S/C16H14ClN3O2S2/c1-10(14(21)18-9-13-6-3-7-23-13)24-16-20-19-15(22-16)11-4-2-5-12(17)8-11/h2-8,10H,9H2,1H3,(H,18,21)/t10-/m0/s1. The molecule has 8 heteroatoms. The first-order valence-corrected chi connectivity index (χ1v) is 9.32. The van der Waals surface area contributed by atoms with Gasteiger partial charge in [0, 0.05) is 15.5 Å². The van der Waals surface area contributed by atoms with Crippen LogP contribution in [0.25, 0.3) is 11.5 Å². The largest absolute Gasteiger partial charge is 0.411 e. The molecule has 24 heavy (non-hydrogen) atoms. The number of hydrogen-bond donors (Lipinski definition) is 1. The van der Waals surface area contributed by atoms with Gasteiger partial charge in [-0.3, -0.25) is 4.79 Å². The first-order chi connectivity index (χ1) is 11.6. The van der Waals surface area contributed by atoms with E-state index in [2.05, 4.69) is 15.5 Å². The lowest BCUT2D eigenvalue weighted by Crippen LogP contribution is -2.30. The number of aromatic nitrogens is 2. The fourth-order valence-corrected chi connectivity index (χ4v) is 3.47. The van der Waals surface area contributed by atoms with E-state index in [1.165, 1.54) is 11.8 Å². The molecule has 2 heterocycles. The van der Waals surface area contributed by atoms with Crippen LogP contribution in [0.1, 0.15) is 11.8 Å². The van der Waals surface area contributed by atoms with Crippen molar-refractivity contribution in [3.63, 3.8) is 0 Å². The van der Waals surface area contributed by atoms with E-state index in [-0.39, 0.29) is 11.2 Å². The van der Waals surface area contributed by atoms with Gasteiger partial charge in [0.05, 0.1) is 11.8 Å². The van der Waals surface area contributed by atoms with Gasteiger partial charge < -0.3 is 9.73 Å². The van der Waals surface area contributed by atoms with Gasteiger partial charge in [-0.05, 0) is 36.6 Å². The lowest BCUT2D eigenvalue weighted by molar-refractivity contribution is -0.120. The molecule has 1 amide bonds. The molecule has 124 valence electrons. The maximum atomic E-state index is 12.1. The number of rotatable bonds is 6. The van der Waals surface area contributed by atoms with Crippen molar-refractivity contribution in [2.75, 3.05) is 0 Å². The highest BCUT2D eigenvalue weighted by Crippen LogP contribution is 2.27. The van der Waals surface area contributed by atoms with Crippen LogP contribution >= 0.6 is 34.7 Å². The Morgan fingerprint density at radius 1 is 1.38 bits per heavy atom. The molecule has 3 aromatic rings. The molecule has 0 bridgehead atoms. The predicted octanol–water partition coefficient (Wildman–Crippen LogP) is 4.25. The van der Waals surface area contributed by atoms with Crippen LogP contribution < -0.4 is 5.32 Å². The van der Waals surface area contributed by atoms with Crippen molar-refractivity contribution < 1.29 is 9.21 Å². The third kappa shape index (κ3) is 4.37. The summed E-state index contributed by atoms with van der Waals surface area (Å²) < 4.78 is 5.60. The zero-order valence-corrected chi connectivity index (χ0v) is 15.1. The first kappa shape index (κ1) is 17.0. The van der Waals surface area contributed by atoms with Crippen molar-refractivity contribution in [1.29, 1.82) is 0 Å². The Kier molecular flexibility index (Phi) is 5.55.